The van der Waals surface area contributed by atoms with Crippen LogP contribution in [0.1, 0.15) is 32.6 Å². The Balaban J connectivity index is 0.00000225. The van der Waals surface area contributed by atoms with Crippen LogP contribution >= 0.6 is 24.0 Å². The van der Waals surface area contributed by atoms with Gasteiger partial charge in [0.2, 0.25) is 5.91 Å². The van der Waals surface area contributed by atoms with Crippen LogP contribution in [-0.2, 0) is 14.3 Å². The van der Waals surface area contributed by atoms with E-state index in [0.29, 0.717) is 6.61 Å². The molecule has 0 spiro atoms. The number of likely N-dealkylation sites (tertiary alicyclic amines) is 1. The summed E-state index contributed by atoms with van der Waals surface area (Å²) in [5.74, 6) is 0.947. The molecule has 144 valence electrons. The highest BCUT2D eigenvalue weighted by molar-refractivity contribution is 14.0. The maximum atomic E-state index is 12.2. The molecular formula is C17H31IN4O3. The van der Waals surface area contributed by atoms with Crippen molar-refractivity contribution in [3.8, 4) is 0 Å². The van der Waals surface area contributed by atoms with Crippen LogP contribution in [0.15, 0.2) is 4.99 Å². The van der Waals surface area contributed by atoms with Crippen LogP contribution in [0.5, 0.6) is 0 Å². The fraction of sp³-hybridized carbons (Fsp3) is 0.882. The standard InChI is InChI=1S/C17H30N4O3.HI/c1-2-18-17(19-12-16(22)20-7-3-4-8-20)21-9-11-24-15(13-21)14-6-5-10-23-14;/h14-15H,2-13H2,1H3,(H,18,19);1H. The Morgan fingerprint density at radius 2 is 1.84 bits per heavy atom. The number of carbonyl (C=O) groups is 1. The van der Waals surface area contributed by atoms with E-state index in [4.69, 9.17) is 9.47 Å². The van der Waals surface area contributed by atoms with Gasteiger partial charge in [-0.1, -0.05) is 0 Å². The first-order valence-corrected chi connectivity index (χ1v) is 9.32. The summed E-state index contributed by atoms with van der Waals surface area (Å²) >= 11 is 0. The molecule has 0 bridgehead atoms. The van der Waals surface area contributed by atoms with E-state index in [1.165, 1.54) is 0 Å². The minimum atomic E-state index is 0. The summed E-state index contributed by atoms with van der Waals surface area (Å²) in [7, 11) is 0. The Morgan fingerprint density at radius 3 is 2.52 bits per heavy atom. The molecule has 3 heterocycles. The van der Waals surface area contributed by atoms with Crippen molar-refractivity contribution in [1.82, 2.24) is 15.1 Å². The van der Waals surface area contributed by atoms with Gasteiger partial charge in [0.15, 0.2) is 5.96 Å². The lowest BCUT2D eigenvalue weighted by atomic mass is 10.1. The quantitative estimate of drug-likeness (QED) is 0.382. The molecule has 3 fully saturated rings. The molecule has 25 heavy (non-hydrogen) atoms. The fourth-order valence-corrected chi connectivity index (χ4v) is 3.62. The lowest BCUT2D eigenvalue weighted by molar-refractivity contribution is -0.128. The van der Waals surface area contributed by atoms with Gasteiger partial charge in [0.05, 0.1) is 12.7 Å². The van der Waals surface area contributed by atoms with Gasteiger partial charge in [0.1, 0.15) is 12.6 Å². The van der Waals surface area contributed by atoms with Crippen molar-refractivity contribution in [1.29, 1.82) is 0 Å². The first-order chi connectivity index (χ1) is 11.8. The van der Waals surface area contributed by atoms with E-state index in [9.17, 15) is 4.79 Å². The second-order valence-corrected chi connectivity index (χ2v) is 6.66. The van der Waals surface area contributed by atoms with Crippen LogP contribution in [0.4, 0.5) is 0 Å². The average molecular weight is 466 g/mol. The summed E-state index contributed by atoms with van der Waals surface area (Å²) in [5, 5.41) is 3.32. The summed E-state index contributed by atoms with van der Waals surface area (Å²) in [6.45, 7) is 7.91. The lowest BCUT2D eigenvalue weighted by Gasteiger charge is -2.37. The number of morpholine rings is 1. The largest absolute Gasteiger partial charge is 0.375 e. The molecule has 0 radical (unpaired) electrons. The molecule has 3 saturated heterocycles. The zero-order valence-corrected chi connectivity index (χ0v) is 17.4. The lowest BCUT2D eigenvalue weighted by Crippen LogP contribution is -2.53. The van der Waals surface area contributed by atoms with Crippen LogP contribution in [0.25, 0.3) is 0 Å². The van der Waals surface area contributed by atoms with Gasteiger partial charge in [0.25, 0.3) is 0 Å². The average Bonchev–Trinajstić information content (AvgIpc) is 3.32. The van der Waals surface area contributed by atoms with Gasteiger partial charge in [-0.2, -0.15) is 0 Å². The van der Waals surface area contributed by atoms with E-state index in [0.717, 1.165) is 71.0 Å². The third-order valence-electron chi connectivity index (χ3n) is 4.93. The molecule has 2 unspecified atom stereocenters. The molecule has 0 aromatic heterocycles. The molecule has 1 N–H and O–H groups in total. The molecule has 3 aliphatic rings. The number of nitrogens with one attached hydrogen (secondary N) is 1. The number of aliphatic imine (C=N–C) groups is 1. The molecule has 1 amide bonds. The van der Waals surface area contributed by atoms with E-state index >= 15 is 0 Å². The Labute approximate surface area is 167 Å². The monoisotopic (exact) mass is 466 g/mol. The summed E-state index contributed by atoms with van der Waals surface area (Å²) in [4.78, 5) is 20.9. The number of ether oxygens (including phenoxy) is 2. The van der Waals surface area contributed by atoms with Crippen LogP contribution in [-0.4, -0.2) is 86.4 Å². The van der Waals surface area contributed by atoms with Crippen LogP contribution in [0.2, 0.25) is 0 Å². The molecule has 7 nitrogen and oxygen atoms in total. The van der Waals surface area contributed by atoms with E-state index in [1.54, 1.807) is 0 Å². The predicted octanol–water partition coefficient (Wildman–Crippen LogP) is 1.07. The van der Waals surface area contributed by atoms with Crippen LogP contribution in [0.3, 0.4) is 0 Å². The normalized spacial score (nSPS) is 27.3. The second-order valence-electron chi connectivity index (χ2n) is 6.66. The molecule has 0 aliphatic carbocycles. The van der Waals surface area contributed by atoms with Gasteiger partial charge in [-0.15, -0.1) is 24.0 Å². The Bertz CT molecular complexity index is 451. The Kier molecular flexibility index (Phi) is 8.71. The van der Waals surface area contributed by atoms with E-state index < -0.39 is 0 Å². The molecule has 0 saturated carbocycles. The molecule has 0 aromatic carbocycles. The van der Waals surface area contributed by atoms with Crippen molar-refractivity contribution in [2.45, 2.75) is 44.8 Å². The number of hydrogen-bond acceptors (Lipinski definition) is 4. The highest BCUT2D eigenvalue weighted by atomic mass is 127. The van der Waals surface area contributed by atoms with Crippen molar-refractivity contribution in [2.75, 3.05) is 52.5 Å². The van der Waals surface area contributed by atoms with Crippen molar-refractivity contribution in [2.24, 2.45) is 4.99 Å². The molecule has 0 aromatic rings. The first kappa shape index (κ1) is 20.7. The number of halogens is 1. The Hall–Kier alpha value is -0.610. The van der Waals surface area contributed by atoms with E-state index in [-0.39, 0.29) is 48.6 Å². The molecular weight excluding hydrogens is 435 g/mol. The van der Waals surface area contributed by atoms with Crippen molar-refractivity contribution >= 4 is 35.8 Å². The summed E-state index contributed by atoms with van der Waals surface area (Å²) in [6, 6.07) is 0. The molecule has 3 rings (SSSR count). The topological polar surface area (TPSA) is 66.4 Å². The second kappa shape index (κ2) is 10.5. The Morgan fingerprint density at radius 1 is 1.08 bits per heavy atom. The molecule has 3 aliphatic heterocycles. The maximum absolute atomic E-state index is 12.2. The SMILES string of the molecule is CCNC(=NCC(=O)N1CCCC1)N1CCOC(C2CCCO2)C1.I. The zero-order valence-electron chi connectivity index (χ0n) is 15.1. The van der Waals surface area contributed by atoms with Gasteiger partial charge in [-0.25, -0.2) is 4.99 Å². The number of nitrogens with zero attached hydrogens (tertiary/aromatic N) is 3. The highest BCUT2D eigenvalue weighted by Gasteiger charge is 2.32. The first-order valence-electron chi connectivity index (χ1n) is 9.32. The minimum absolute atomic E-state index is 0. The zero-order chi connectivity index (χ0) is 16.8. The third kappa shape index (κ3) is 5.68. The van der Waals surface area contributed by atoms with Gasteiger partial charge in [0, 0.05) is 39.3 Å². The highest BCUT2D eigenvalue weighted by Crippen LogP contribution is 2.21. The van der Waals surface area contributed by atoms with E-state index in [1.807, 2.05) is 4.90 Å². The van der Waals surface area contributed by atoms with Crippen LogP contribution < -0.4 is 5.32 Å². The van der Waals surface area contributed by atoms with Gasteiger partial charge < -0.3 is 24.6 Å². The number of rotatable bonds is 4. The number of carbonyl (C=O) groups excluding carboxylic acids is 1. The summed E-state index contributed by atoms with van der Waals surface area (Å²) in [5.41, 5.74) is 0. The smallest absolute Gasteiger partial charge is 0.244 e. The van der Waals surface area contributed by atoms with Gasteiger partial charge >= 0.3 is 0 Å². The predicted molar refractivity (Wildman–Crippen MR) is 107 cm³/mol. The van der Waals surface area contributed by atoms with Crippen molar-refractivity contribution < 1.29 is 14.3 Å². The van der Waals surface area contributed by atoms with Crippen molar-refractivity contribution in [3.05, 3.63) is 0 Å². The minimum Gasteiger partial charge on any atom is -0.375 e. The third-order valence-corrected chi connectivity index (χ3v) is 4.93. The van der Waals surface area contributed by atoms with E-state index in [2.05, 4.69) is 22.1 Å². The number of hydrogen-bond donors (Lipinski definition) is 1. The van der Waals surface area contributed by atoms with Crippen LogP contribution in [0, 0.1) is 0 Å². The summed E-state index contributed by atoms with van der Waals surface area (Å²) in [6.07, 6.45) is 4.70. The van der Waals surface area contributed by atoms with Gasteiger partial charge in [-0.3, -0.25) is 4.79 Å². The summed E-state index contributed by atoms with van der Waals surface area (Å²) < 4.78 is 11.7. The fourth-order valence-electron chi connectivity index (χ4n) is 3.62. The molecule has 2 atom stereocenters. The van der Waals surface area contributed by atoms with Crippen molar-refractivity contribution in [3.63, 3.8) is 0 Å². The van der Waals surface area contributed by atoms with Gasteiger partial charge in [-0.05, 0) is 32.6 Å². The molecule has 8 heteroatoms. The maximum Gasteiger partial charge on any atom is 0.244 e. The number of guanidine groups is 1. The number of amides is 1.